The van der Waals surface area contributed by atoms with E-state index in [0.29, 0.717) is 19.0 Å². The first-order valence-electron chi connectivity index (χ1n) is 7.86. The van der Waals surface area contributed by atoms with E-state index in [4.69, 9.17) is 5.14 Å². The Labute approximate surface area is 152 Å². The maximum absolute atomic E-state index is 11.3. The van der Waals surface area contributed by atoms with Crippen molar-refractivity contribution in [3.8, 4) is 0 Å². The third-order valence-electron chi connectivity index (χ3n) is 3.50. The molecule has 0 aliphatic carbocycles. The second kappa shape index (κ2) is 8.41. The molecule has 0 radical (unpaired) electrons. The van der Waals surface area contributed by atoms with Gasteiger partial charge in [0.15, 0.2) is 5.96 Å². The van der Waals surface area contributed by atoms with Gasteiger partial charge in [0, 0.05) is 11.4 Å². The van der Waals surface area contributed by atoms with E-state index in [-0.39, 0.29) is 4.90 Å². The first-order chi connectivity index (χ1) is 11.8. The molecule has 0 saturated carbocycles. The van der Waals surface area contributed by atoms with Crippen LogP contribution in [0.1, 0.15) is 28.1 Å². The van der Waals surface area contributed by atoms with Gasteiger partial charge in [0.1, 0.15) is 5.01 Å². The van der Waals surface area contributed by atoms with E-state index in [9.17, 15) is 8.42 Å². The lowest BCUT2D eigenvalue weighted by Gasteiger charge is -2.10. The first kappa shape index (κ1) is 19.4. The Bertz CT molecular complexity index is 822. The van der Waals surface area contributed by atoms with Crippen LogP contribution in [0, 0.1) is 13.8 Å². The summed E-state index contributed by atoms with van der Waals surface area (Å²) in [5.74, 6) is 0.684. The fourth-order valence-electron chi connectivity index (χ4n) is 2.07. The number of rotatable bonds is 6. The molecule has 1 heterocycles. The first-order valence-corrected chi connectivity index (χ1v) is 10.2. The number of aliphatic imine (C=N–C) groups is 1. The number of benzene rings is 1. The molecule has 1 aromatic heterocycles. The zero-order chi connectivity index (χ0) is 18.4. The summed E-state index contributed by atoms with van der Waals surface area (Å²) in [5, 5.41) is 12.5. The van der Waals surface area contributed by atoms with Gasteiger partial charge in [0.2, 0.25) is 10.0 Å². The van der Waals surface area contributed by atoms with Gasteiger partial charge in [-0.25, -0.2) is 23.5 Å². The normalized spacial score (nSPS) is 12.2. The molecule has 0 bridgehead atoms. The van der Waals surface area contributed by atoms with Crippen LogP contribution in [0.3, 0.4) is 0 Å². The minimum atomic E-state index is -3.67. The van der Waals surface area contributed by atoms with Crippen molar-refractivity contribution >= 4 is 27.3 Å². The molecule has 0 aliphatic rings. The monoisotopic (exact) mass is 381 g/mol. The van der Waals surface area contributed by atoms with Crippen LogP contribution in [0.15, 0.2) is 34.2 Å². The maximum Gasteiger partial charge on any atom is 0.238 e. The summed E-state index contributed by atoms with van der Waals surface area (Å²) >= 11 is 1.67. The molecule has 0 unspecified atom stereocenters. The lowest BCUT2D eigenvalue weighted by Crippen LogP contribution is -2.36. The summed E-state index contributed by atoms with van der Waals surface area (Å²) in [6.07, 6.45) is 0. The molecule has 25 heavy (non-hydrogen) atoms. The smallest absolute Gasteiger partial charge is 0.238 e. The highest BCUT2D eigenvalue weighted by Gasteiger charge is 2.07. The SMILES string of the molecule is CCNC(=NCc1ccc(S(N)(=O)=O)cc1)NCc1nc(C)c(C)s1. The van der Waals surface area contributed by atoms with E-state index in [1.807, 2.05) is 13.8 Å². The summed E-state index contributed by atoms with van der Waals surface area (Å²) in [7, 11) is -3.67. The van der Waals surface area contributed by atoms with E-state index in [1.54, 1.807) is 23.5 Å². The predicted octanol–water partition coefficient (Wildman–Crippen LogP) is 1.66. The van der Waals surface area contributed by atoms with Gasteiger partial charge in [-0.3, -0.25) is 0 Å². The molecule has 1 aromatic carbocycles. The molecule has 136 valence electrons. The van der Waals surface area contributed by atoms with Gasteiger partial charge in [-0.05, 0) is 38.5 Å². The summed E-state index contributed by atoms with van der Waals surface area (Å²) in [4.78, 5) is 10.3. The van der Waals surface area contributed by atoms with Gasteiger partial charge in [-0.2, -0.15) is 0 Å². The van der Waals surface area contributed by atoms with Crippen LogP contribution in [-0.2, 0) is 23.1 Å². The Kier molecular flexibility index (Phi) is 6.51. The molecule has 7 nitrogen and oxygen atoms in total. The minimum Gasteiger partial charge on any atom is -0.357 e. The van der Waals surface area contributed by atoms with Gasteiger partial charge in [-0.15, -0.1) is 11.3 Å². The molecule has 0 aliphatic heterocycles. The summed E-state index contributed by atoms with van der Waals surface area (Å²) in [6, 6.07) is 6.39. The lowest BCUT2D eigenvalue weighted by atomic mass is 10.2. The van der Waals surface area contributed by atoms with Crippen molar-refractivity contribution in [2.24, 2.45) is 10.1 Å². The second-order valence-electron chi connectivity index (χ2n) is 5.49. The predicted molar refractivity (Wildman–Crippen MR) is 101 cm³/mol. The molecule has 0 saturated heterocycles. The molecule has 2 rings (SSSR count). The summed E-state index contributed by atoms with van der Waals surface area (Å²) in [6.45, 7) is 7.83. The number of nitrogens with two attached hydrogens (primary N) is 1. The van der Waals surface area contributed by atoms with Crippen LogP contribution in [0.25, 0.3) is 0 Å². The average Bonchev–Trinajstić information content (AvgIpc) is 2.88. The quantitative estimate of drug-likeness (QED) is 0.521. The third-order valence-corrected chi connectivity index (χ3v) is 5.50. The van der Waals surface area contributed by atoms with Crippen molar-refractivity contribution in [1.82, 2.24) is 15.6 Å². The molecular formula is C16H23N5O2S2. The van der Waals surface area contributed by atoms with Gasteiger partial charge in [-0.1, -0.05) is 12.1 Å². The fourth-order valence-corrected chi connectivity index (χ4v) is 3.46. The van der Waals surface area contributed by atoms with E-state index < -0.39 is 10.0 Å². The van der Waals surface area contributed by atoms with E-state index in [2.05, 4.69) is 27.5 Å². The van der Waals surface area contributed by atoms with Crippen LogP contribution >= 0.6 is 11.3 Å². The molecule has 2 aromatic rings. The number of thiazole rings is 1. The van der Waals surface area contributed by atoms with Crippen molar-refractivity contribution in [2.45, 2.75) is 38.8 Å². The van der Waals surface area contributed by atoms with E-state index in [1.165, 1.54) is 17.0 Å². The number of nitrogens with one attached hydrogen (secondary N) is 2. The van der Waals surface area contributed by atoms with Crippen molar-refractivity contribution < 1.29 is 8.42 Å². The molecule has 9 heteroatoms. The fraction of sp³-hybridized carbons (Fsp3) is 0.375. The number of hydrogen-bond donors (Lipinski definition) is 3. The Morgan fingerprint density at radius 2 is 1.92 bits per heavy atom. The number of guanidine groups is 1. The number of nitrogens with zero attached hydrogens (tertiary/aromatic N) is 2. The molecule has 0 amide bonds. The minimum absolute atomic E-state index is 0.0970. The summed E-state index contributed by atoms with van der Waals surface area (Å²) in [5.41, 5.74) is 1.95. The third kappa shape index (κ3) is 5.80. The van der Waals surface area contributed by atoms with Gasteiger partial charge < -0.3 is 10.6 Å². The highest BCUT2D eigenvalue weighted by molar-refractivity contribution is 7.89. The van der Waals surface area contributed by atoms with Gasteiger partial charge >= 0.3 is 0 Å². The second-order valence-corrected chi connectivity index (χ2v) is 8.34. The zero-order valence-electron chi connectivity index (χ0n) is 14.5. The van der Waals surface area contributed by atoms with Crippen molar-refractivity contribution in [3.63, 3.8) is 0 Å². The van der Waals surface area contributed by atoms with Crippen molar-refractivity contribution in [3.05, 3.63) is 45.4 Å². The van der Waals surface area contributed by atoms with Crippen LogP contribution in [0.4, 0.5) is 0 Å². The summed E-state index contributed by atoms with van der Waals surface area (Å²) < 4.78 is 22.5. The molecule has 0 atom stereocenters. The Morgan fingerprint density at radius 3 is 2.44 bits per heavy atom. The van der Waals surface area contributed by atoms with Gasteiger partial charge in [0.05, 0.1) is 23.7 Å². The topological polar surface area (TPSA) is 109 Å². The van der Waals surface area contributed by atoms with Crippen molar-refractivity contribution in [1.29, 1.82) is 0 Å². The molecule has 0 spiro atoms. The highest BCUT2D eigenvalue weighted by Crippen LogP contribution is 2.16. The molecule has 4 N–H and O–H groups in total. The number of sulfonamides is 1. The van der Waals surface area contributed by atoms with Crippen LogP contribution in [0.2, 0.25) is 0 Å². The van der Waals surface area contributed by atoms with Crippen LogP contribution in [-0.4, -0.2) is 25.9 Å². The Hall–Kier alpha value is -1.97. The van der Waals surface area contributed by atoms with Gasteiger partial charge in [0.25, 0.3) is 0 Å². The van der Waals surface area contributed by atoms with Crippen molar-refractivity contribution in [2.75, 3.05) is 6.54 Å². The van der Waals surface area contributed by atoms with Crippen LogP contribution < -0.4 is 15.8 Å². The lowest BCUT2D eigenvalue weighted by molar-refractivity contribution is 0.598. The number of aryl methyl sites for hydroxylation is 2. The molecule has 0 fully saturated rings. The zero-order valence-corrected chi connectivity index (χ0v) is 16.2. The number of aromatic nitrogens is 1. The Balaban J connectivity index is 2.01. The van der Waals surface area contributed by atoms with E-state index in [0.717, 1.165) is 22.8 Å². The molecular weight excluding hydrogens is 358 g/mol. The van der Waals surface area contributed by atoms with E-state index >= 15 is 0 Å². The number of hydrogen-bond acceptors (Lipinski definition) is 5. The number of primary sulfonamides is 1. The van der Waals surface area contributed by atoms with Crippen LogP contribution in [0.5, 0.6) is 0 Å². The average molecular weight is 382 g/mol. The Morgan fingerprint density at radius 1 is 1.24 bits per heavy atom. The highest BCUT2D eigenvalue weighted by atomic mass is 32.2. The largest absolute Gasteiger partial charge is 0.357 e. The maximum atomic E-state index is 11.3. The standard InChI is InChI=1S/C16H23N5O2S2/c1-4-18-16(20-10-15-21-11(2)12(3)24-15)19-9-13-5-7-14(8-6-13)25(17,22)23/h5-8H,4,9-10H2,1-3H3,(H2,17,22,23)(H2,18,19,20).